The molecule has 5 nitrogen and oxygen atoms in total. The van der Waals surface area contributed by atoms with Crippen LogP contribution in [0.5, 0.6) is 5.75 Å². The highest BCUT2D eigenvalue weighted by Gasteiger charge is 2.29. The van der Waals surface area contributed by atoms with Gasteiger partial charge in [0.2, 0.25) is 0 Å². The molecule has 1 aromatic heterocycles. The van der Waals surface area contributed by atoms with Crippen LogP contribution in [0, 0.1) is 25.2 Å². The number of hydrogen-bond donors (Lipinski definition) is 1. The zero-order chi connectivity index (χ0) is 21.2. The van der Waals surface area contributed by atoms with Crippen LogP contribution in [-0.4, -0.2) is 23.7 Å². The second-order valence-electron chi connectivity index (χ2n) is 6.50. The van der Waals surface area contributed by atoms with Crippen molar-refractivity contribution in [2.75, 3.05) is 11.9 Å². The molecule has 0 aliphatic heterocycles. The lowest BCUT2D eigenvalue weighted by Crippen LogP contribution is -2.19. The van der Waals surface area contributed by atoms with Crippen molar-refractivity contribution < 1.29 is 22.7 Å². The Hall–Kier alpha value is -3.60. The normalized spacial score (nSPS) is 11.2. The number of carbonyl (C=O) groups excluding carboxylic acids is 1. The molecule has 0 radical (unpaired) electrons. The SMILES string of the molecule is Cc1ccc2nc(C)c(C(=O)Nc3ccc(OCC(F)(F)F)c(C#N)c3)cc2c1. The fourth-order valence-corrected chi connectivity index (χ4v) is 2.80. The van der Waals surface area contributed by atoms with Gasteiger partial charge in [-0.25, -0.2) is 0 Å². The lowest BCUT2D eigenvalue weighted by atomic mass is 10.1. The number of rotatable bonds is 4. The lowest BCUT2D eigenvalue weighted by molar-refractivity contribution is -0.153. The van der Waals surface area contributed by atoms with E-state index in [-0.39, 0.29) is 17.0 Å². The van der Waals surface area contributed by atoms with Gasteiger partial charge in [-0.2, -0.15) is 18.4 Å². The minimum atomic E-state index is -4.52. The van der Waals surface area contributed by atoms with Crippen molar-refractivity contribution in [3.05, 3.63) is 64.8 Å². The van der Waals surface area contributed by atoms with Crippen LogP contribution in [0.3, 0.4) is 0 Å². The van der Waals surface area contributed by atoms with Crippen molar-refractivity contribution in [3.63, 3.8) is 0 Å². The summed E-state index contributed by atoms with van der Waals surface area (Å²) >= 11 is 0. The number of nitriles is 1. The van der Waals surface area contributed by atoms with Crippen LogP contribution in [0.1, 0.15) is 27.2 Å². The van der Waals surface area contributed by atoms with Gasteiger partial charge in [-0.1, -0.05) is 11.6 Å². The predicted molar refractivity (Wildman–Crippen MR) is 102 cm³/mol. The molecule has 29 heavy (non-hydrogen) atoms. The summed E-state index contributed by atoms with van der Waals surface area (Å²) in [6.45, 7) is 2.14. The number of benzene rings is 2. The van der Waals surface area contributed by atoms with Crippen LogP contribution in [-0.2, 0) is 0 Å². The van der Waals surface area contributed by atoms with E-state index >= 15 is 0 Å². The number of nitrogens with zero attached hydrogens (tertiary/aromatic N) is 2. The molecule has 1 N–H and O–H groups in total. The van der Waals surface area contributed by atoms with Gasteiger partial charge < -0.3 is 10.1 Å². The average molecular weight is 399 g/mol. The second-order valence-corrected chi connectivity index (χ2v) is 6.50. The average Bonchev–Trinajstić information content (AvgIpc) is 2.65. The molecule has 0 saturated carbocycles. The number of carbonyl (C=O) groups is 1. The van der Waals surface area contributed by atoms with Gasteiger partial charge in [0.1, 0.15) is 11.8 Å². The maximum atomic E-state index is 12.7. The highest BCUT2D eigenvalue weighted by Crippen LogP contribution is 2.26. The Labute approximate surface area is 164 Å². The first kappa shape index (κ1) is 20.1. The Morgan fingerprint density at radius 3 is 2.62 bits per heavy atom. The topological polar surface area (TPSA) is 75.0 Å². The summed E-state index contributed by atoms with van der Waals surface area (Å²) in [5.41, 5.74) is 2.83. The van der Waals surface area contributed by atoms with Crippen LogP contribution >= 0.6 is 0 Å². The van der Waals surface area contributed by atoms with E-state index in [2.05, 4.69) is 15.0 Å². The number of anilines is 1. The zero-order valence-corrected chi connectivity index (χ0v) is 15.6. The summed E-state index contributed by atoms with van der Waals surface area (Å²) in [5, 5.41) is 12.6. The Bertz CT molecular complexity index is 1130. The van der Waals surface area contributed by atoms with E-state index in [9.17, 15) is 23.2 Å². The Morgan fingerprint density at radius 1 is 1.17 bits per heavy atom. The fraction of sp³-hybridized carbons (Fsp3) is 0.190. The molecule has 3 aromatic rings. The highest BCUT2D eigenvalue weighted by molar-refractivity contribution is 6.06. The molecule has 0 bridgehead atoms. The van der Waals surface area contributed by atoms with E-state index in [0.717, 1.165) is 16.5 Å². The maximum Gasteiger partial charge on any atom is 0.422 e. The smallest absolute Gasteiger partial charge is 0.422 e. The third-order valence-corrected chi connectivity index (χ3v) is 4.15. The standard InChI is InChI=1S/C21H16F3N3O2/c1-12-3-5-18-14(7-12)9-17(13(2)26-18)20(28)27-16-4-6-19(15(8-16)10-25)29-11-21(22,23)24/h3-9H,11H2,1-2H3,(H,27,28). The molecule has 0 spiro atoms. The number of ether oxygens (including phenoxy) is 1. The molecule has 0 saturated heterocycles. The van der Waals surface area contributed by atoms with E-state index in [1.54, 1.807) is 19.1 Å². The molecular weight excluding hydrogens is 383 g/mol. The Morgan fingerprint density at radius 2 is 1.93 bits per heavy atom. The van der Waals surface area contributed by atoms with E-state index in [0.29, 0.717) is 11.3 Å². The third kappa shape index (κ3) is 4.82. The molecule has 8 heteroatoms. The molecule has 0 aliphatic rings. The Balaban J connectivity index is 1.84. The van der Waals surface area contributed by atoms with Crippen molar-refractivity contribution in [2.45, 2.75) is 20.0 Å². The molecule has 1 heterocycles. The molecule has 0 atom stereocenters. The number of fused-ring (bicyclic) bond motifs is 1. The van der Waals surface area contributed by atoms with Crippen molar-refractivity contribution in [1.29, 1.82) is 5.26 Å². The first-order chi connectivity index (χ1) is 13.7. The van der Waals surface area contributed by atoms with Gasteiger partial charge in [0.25, 0.3) is 5.91 Å². The molecule has 148 valence electrons. The molecule has 2 aromatic carbocycles. The van der Waals surface area contributed by atoms with Crippen molar-refractivity contribution in [2.24, 2.45) is 0 Å². The summed E-state index contributed by atoms with van der Waals surface area (Å²) in [4.78, 5) is 17.1. The molecule has 0 fully saturated rings. The summed E-state index contributed by atoms with van der Waals surface area (Å²) < 4.78 is 41.6. The van der Waals surface area contributed by atoms with Crippen LogP contribution in [0.4, 0.5) is 18.9 Å². The van der Waals surface area contributed by atoms with Gasteiger partial charge in [0.15, 0.2) is 6.61 Å². The second kappa shape index (κ2) is 7.80. The summed E-state index contributed by atoms with van der Waals surface area (Å²) in [6.07, 6.45) is -4.52. The van der Waals surface area contributed by atoms with Gasteiger partial charge >= 0.3 is 6.18 Å². The monoisotopic (exact) mass is 399 g/mol. The van der Waals surface area contributed by atoms with Crippen molar-refractivity contribution in [3.8, 4) is 11.8 Å². The van der Waals surface area contributed by atoms with Crippen LogP contribution < -0.4 is 10.1 Å². The van der Waals surface area contributed by atoms with Gasteiger partial charge in [-0.15, -0.1) is 0 Å². The number of aryl methyl sites for hydroxylation is 2. The van der Waals surface area contributed by atoms with Crippen LogP contribution in [0.15, 0.2) is 42.5 Å². The fourth-order valence-electron chi connectivity index (χ4n) is 2.80. The summed E-state index contributed by atoms with van der Waals surface area (Å²) in [6, 6.07) is 13.1. The third-order valence-electron chi connectivity index (χ3n) is 4.15. The van der Waals surface area contributed by atoms with Crippen LogP contribution in [0.2, 0.25) is 0 Å². The largest absolute Gasteiger partial charge is 0.483 e. The minimum Gasteiger partial charge on any atom is -0.483 e. The summed E-state index contributed by atoms with van der Waals surface area (Å²) in [7, 11) is 0. The first-order valence-corrected chi connectivity index (χ1v) is 8.59. The number of amides is 1. The van der Waals surface area contributed by atoms with Crippen molar-refractivity contribution in [1.82, 2.24) is 4.98 Å². The molecule has 0 unspecified atom stereocenters. The number of halogens is 3. The summed E-state index contributed by atoms with van der Waals surface area (Å²) in [5.74, 6) is -0.645. The molecular formula is C21H16F3N3O2. The van der Waals surface area contributed by atoms with Crippen molar-refractivity contribution >= 4 is 22.5 Å². The molecule has 0 aliphatic carbocycles. The molecule has 3 rings (SSSR count). The quantitative estimate of drug-likeness (QED) is 0.676. The Kier molecular flexibility index (Phi) is 5.41. The van der Waals surface area contributed by atoms with E-state index < -0.39 is 18.7 Å². The number of hydrogen-bond acceptors (Lipinski definition) is 4. The van der Waals surface area contributed by atoms with Gasteiger partial charge in [-0.3, -0.25) is 9.78 Å². The molecule has 1 amide bonds. The number of alkyl halides is 3. The minimum absolute atomic E-state index is 0.115. The number of nitrogens with one attached hydrogen (secondary N) is 1. The van der Waals surface area contributed by atoms with E-state index in [1.807, 2.05) is 25.1 Å². The first-order valence-electron chi connectivity index (χ1n) is 8.59. The number of pyridine rings is 1. The zero-order valence-electron chi connectivity index (χ0n) is 15.6. The van der Waals surface area contributed by atoms with E-state index in [1.165, 1.54) is 18.2 Å². The maximum absolute atomic E-state index is 12.7. The van der Waals surface area contributed by atoms with Gasteiger partial charge in [0, 0.05) is 11.1 Å². The van der Waals surface area contributed by atoms with E-state index in [4.69, 9.17) is 0 Å². The number of aromatic nitrogens is 1. The predicted octanol–water partition coefficient (Wildman–Crippen LogP) is 4.92. The van der Waals surface area contributed by atoms with Crippen LogP contribution in [0.25, 0.3) is 10.9 Å². The highest BCUT2D eigenvalue weighted by atomic mass is 19.4. The van der Waals surface area contributed by atoms with Gasteiger partial charge in [0.05, 0.1) is 22.3 Å². The van der Waals surface area contributed by atoms with Gasteiger partial charge in [-0.05, 0) is 50.2 Å². The lowest BCUT2D eigenvalue weighted by Gasteiger charge is -2.12.